The van der Waals surface area contributed by atoms with Crippen LogP contribution in [0.15, 0.2) is 18.2 Å². The fraction of sp³-hybridized carbons (Fsp3) is 0.562. The number of hydrogen-bond acceptors (Lipinski definition) is 4. The second-order valence-electron chi connectivity index (χ2n) is 5.41. The highest BCUT2D eigenvalue weighted by Crippen LogP contribution is 2.29. The third kappa shape index (κ3) is 5.35. The second kappa shape index (κ2) is 8.67. The van der Waals surface area contributed by atoms with Crippen LogP contribution in [0.5, 0.6) is 11.5 Å². The number of nitrogens with one attached hydrogen (secondary N) is 2. The van der Waals surface area contributed by atoms with Crippen molar-refractivity contribution in [2.75, 3.05) is 20.2 Å². The number of hydrogen-bond donors (Lipinski definition) is 2. The molecule has 0 saturated carbocycles. The topological polar surface area (TPSA) is 59.6 Å². The molecule has 0 radical (unpaired) electrons. The van der Waals surface area contributed by atoms with Gasteiger partial charge in [0.25, 0.3) is 0 Å². The van der Waals surface area contributed by atoms with Crippen molar-refractivity contribution in [1.82, 2.24) is 10.6 Å². The Labute approximate surface area is 134 Å². The van der Waals surface area contributed by atoms with Crippen LogP contribution in [0.3, 0.4) is 0 Å². The van der Waals surface area contributed by atoms with Gasteiger partial charge >= 0.3 is 6.61 Å². The van der Waals surface area contributed by atoms with Gasteiger partial charge in [-0.3, -0.25) is 4.79 Å². The number of amides is 1. The van der Waals surface area contributed by atoms with E-state index in [0.717, 1.165) is 31.4 Å². The molecule has 1 aliphatic rings. The number of alkyl halides is 2. The first-order chi connectivity index (χ1) is 11.1. The first-order valence-electron chi connectivity index (χ1n) is 7.73. The highest BCUT2D eigenvalue weighted by atomic mass is 19.3. The normalized spacial score (nSPS) is 17.8. The van der Waals surface area contributed by atoms with Gasteiger partial charge in [0.15, 0.2) is 11.5 Å². The first kappa shape index (κ1) is 17.5. The van der Waals surface area contributed by atoms with Gasteiger partial charge in [0.2, 0.25) is 5.91 Å². The molecule has 0 spiro atoms. The standard InChI is InChI=1S/C16H22F2N2O3/c1-22-13-6-5-11(10-14(13)23-16(17)18)7-9-20-15(21)12-4-2-3-8-19-12/h5-6,10,12,16,19H,2-4,7-9H2,1H3,(H,20,21). The summed E-state index contributed by atoms with van der Waals surface area (Å²) in [6.07, 6.45) is 3.53. The number of halogens is 2. The van der Waals surface area contributed by atoms with Crippen LogP contribution >= 0.6 is 0 Å². The second-order valence-corrected chi connectivity index (χ2v) is 5.41. The van der Waals surface area contributed by atoms with E-state index < -0.39 is 6.61 Å². The molecular formula is C16H22F2N2O3. The summed E-state index contributed by atoms with van der Waals surface area (Å²) in [5.41, 5.74) is 0.790. The predicted octanol–water partition coefficient (Wildman–Crippen LogP) is 2.10. The maximum atomic E-state index is 12.4. The Kier molecular flexibility index (Phi) is 6.58. The fourth-order valence-corrected chi connectivity index (χ4v) is 2.59. The van der Waals surface area contributed by atoms with Gasteiger partial charge in [-0.2, -0.15) is 8.78 Å². The maximum absolute atomic E-state index is 12.4. The van der Waals surface area contributed by atoms with Gasteiger partial charge in [-0.1, -0.05) is 12.5 Å². The Morgan fingerprint density at radius 3 is 2.87 bits per heavy atom. The van der Waals surface area contributed by atoms with Gasteiger partial charge in [-0.05, 0) is 43.5 Å². The lowest BCUT2D eigenvalue weighted by molar-refractivity contribution is -0.123. The average molecular weight is 328 g/mol. The summed E-state index contributed by atoms with van der Waals surface area (Å²) in [5, 5.41) is 6.05. The minimum Gasteiger partial charge on any atom is -0.493 e. The van der Waals surface area contributed by atoms with Crippen molar-refractivity contribution in [3.8, 4) is 11.5 Å². The monoisotopic (exact) mass is 328 g/mol. The molecule has 23 heavy (non-hydrogen) atoms. The van der Waals surface area contributed by atoms with Gasteiger partial charge in [0.05, 0.1) is 13.2 Å². The number of piperidine rings is 1. The van der Waals surface area contributed by atoms with Crippen LogP contribution in [0.2, 0.25) is 0 Å². The van der Waals surface area contributed by atoms with Gasteiger partial charge in [-0.15, -0.1) is 0 Å². The number of benzene rings is 1. The quantitative estimate of drug-likeness (QED) is 0.805. The van der Waals surface area contributed by atoms with Crippen LogP contribution in [-0.2, 0) is 11.2 Å². The number of carbonyl (C=O) groups is 1. The smallest absolute Gasteiger partial charge is 0.387 e. The molecule has 1 amide bonds. The lowest BCUT2D eigenvalue weighted by atomic mass is 10.0. The van der Waals surface area contributed by atoms with E-state index in [9.17, 15) is 13.6 Å². The average Bonchev–Trinajstić information content (AvgIpc) is 2.55. The van der Waals surface area contributed by atoms with Crippen molar-refractivity contribution in [2.24, 2.45) is 0 Å². The Bertz CT molecular complexity index is 520. The molecule has 0 bridgehead atoms. The molecule has 5 nitrogen and oxygen atoms in total. The molecule has 1 unspecified atom stereocenters. The van der Waals surface area contributed by atoms with Crippen LogP contribution in [0.4, 0.5) is 8.78 Å². The van der Waals surface area contributed by atoms with Crippen molar-refractivity contribution >= 4 is 5.91 Å². The summed E-state index contributed by atoms with van der Waals surface area (Å²) < 4.78 is 34.2. The highest BCUT2D eigenvalue weighted by molar-refractivity contribution is 5.81. The zero-order chi connectivity index (χ0) is 16.7. The summed E-state index contributed by atoms with van der Waals surface area (Å²) in [7, 11) is 1.39. The summed E-state index contributed by atoms with van der Waals surface area (Å²) >= 11 is 0. The van der Waals surface area contributed by atoms with Gasteiger partial charge in [0.1, 0.15) is 0 Å². The van der Waals surface area contributed by atoms with Crippen LogP contribution in [0.1, 0.15) is 24.8 Å². The Balaban J connectivity index is 1.86. The van der Waals surface area contributed by atoms with E-state index in [1.165, 1.54) is 13.2 Å². The van der Waals surface area contributed by atoms with E-state index in [-0.39, 0.29) is 23.4 Å². The third-order valence-corrected chi connectivity index (χ3v) is 3.78. The molecule has 1 aromatic rings. The molecule has 1 fully saturated rings. The first-order valence-corrected chi connectivity index (χ1v) is 7.73. The minimum atomic E-state index is -2.91. The highest BCUT2D eigenvalue weighted by Gasteiger charge is 2.19. The molecule has 1 aromatic carbocycles. The van der Waals surface area contributed by atoms with Crippen LogP contribution in [-0.4, -0.2) is 38.8 Å². The Morgan fingerprint density at radius 1 is 1.39 bits per heavy atom. The molecule has 1 atom stereocenters. The molecule has 0 aromatic heterocycles. The molecule has 2 rings (SSSR count). The lowest BCUT2D eigenvalue weighted by Gasteiger charge is -2.22. The van der Waals surface area contributed by atoms with Gasteiger partial charge in [0, 0.05) is 6.54 Å². The molecule has 1 heterocycles. The fourth-order valence-electron chi connectivity index (χ4n) is 2.59. The zero-order valence-corrected chi connectivity index (χ0v) is 13.1. The van der Waals surface area contributed by atoms with Crippen LogP contribution in [0.25, 0.3) is 0 Å². The van der Waals surface area contributed by atoms with Crippen molar-refractivity contribution in [1.29, 1.82) is 0 Å². The molecule has 1 aliphatic heterocycles. The SMILES string of the molecule is COc1ccc(CCNC(=O)C2CCCCN2)cc1OC(F)F. The number of ether oxygens (including phenoxy) is 2. The summed E-state index contributed by atoms with van der Waals surface area (Å²) in [6, 6.07) is 4.73. The maximum Gasteiger partial charge on any atom is 0.387 e. The van der Waals surface area contributed by atoms with E-state index >= 15 is 0 Å². The molecule has 1 saturated heterocycles. The van der Waals surface area contributed by atoms with E-state index in [2.05, 4.69) is 15.4 Å². The summed E-state index contributed by atoms with van der Waals surface area (Å²) in [6.45, 7) is -1.60. The van der Waals surface area contributed by atoms with Gasteiger partial charge < -0.3 is 20.1 Å². The van der Waals surface area contributed by atoms with Crippen molar-refractivity contribution in [3.05, 3.63) is 23.8 Å². The van der Waals surface area contributed by atoms with Crippen molar-refractivity contribution in [3.63, 3.8) is 0 Å². The minimum absolute atomic E-state index is 0.000253. The third-order valence-electron chi connectivity index (χ3n) is 3.78. The number of carbonyl (C=O) groups excluding carboxylic acids is 1. The van der Waals surface area contributed by atoms with E-state index in [0.29, 0.717) is 13.0 Å². The summed E-state index contributed by atoms with van der Waals surface area (Å²) in [5.74, 6) is 0.243. The summed E-state index contributed by atoms with van der Waals surface area (Å²) in [4.78, 5) is 12.0. The molecule has 128 valence electrons. The Morgan fingerprint density at radius 2 is 2.22 bits per heavy atom. The zero-order valence-electron chi connectivity index (χ0n) is 13.1. The number of rotatable bonds is 7. The Hall–Kier alpha value is -1.89. The molecule has 2 N–H and O–H groups in total. The van der Waals surface area contributed by atoms with Crippen LogP contribution in [0, 0.1) is 0 Å². The van der Waals surface area contributed by atoms with Crippen molar-refractivity contribution < 1.29 is 23.0 Å². The van der Waals surface area contributed by atoms with E-state index in [1.54, 1.807) is 12.1 Å². The van der Waals surface area contributed by atoms with E-state index in [1.807, 2.05) is 0 Å². The molecule has 7 heteroatoms. The van der Waals surface area contributed by atoms with Crippen LogP contribution < -0.4 is 20.1 Å². The van der Waals surface area contributed by atoms with Gasteiger partial charge in [-0.25, -0.2) is 0 Å². The van der Waals surface area contributed by atoms with E-state index in [4.69, 9.17) is 4.74 Å². The lowest BCUT2D eigenvalue weighted by Crippen LogP contribution is -2.47. The predicted molar refractivity (Wildman–Crippen MR) is 82.0 cm³/mol. The molecule has 0 aliphatic carbocycles. The van der Waals surface area contributed by atoms with Crippen molar-refractivity contribution in [2.45, 2.75) is 38.3 Å². The largest absolute Gasteiger partial charge is 0.493 e. The molecular weight excluding hydrogens is 306 g/mol. The number of methoxy groups -OCH3 is 1.